The number of rotatable bonds is 8. The van der Waals surface area contributed by atoms with Crippen LogP contribution in [0.5, 0.6) is 0 Å². The van der Waals surface area contributed by atoms with E-state index in [9.17, 15) is 18.5 Å². The number of nitrogens with one attached hydrogen (secondary N) is 2. The van der Waals surface area contributed by atoms with E-state index in [0.717, 1.165) is 6.07 Å². The Hall–Kier alpha value is -1.71. The first-order valence-electron chi connectivity index (χ1n) is 5.96. The van der Waals surface area contributed by atoms with Gasteiger partial charge in [0.15, 0.2) is 0 Å². The van der Waals surface area contributed by atoms with Gasteiger partial charge in [-0.2, -0.15) is 0 Å². The minimum atomic E-state index is -3.74. The van der Waals surface area contributed by atoms with Crippen molar-refractivity contribution in [2.45, 2.75) is 11.8 Å². The van der Waals surface area contributed by atoms with Crippen LogP contribution in [0.25, 0.3) is 0 Å². The van der Waals surface area contributed by atoms with Crippen molar-refractivity contribution in [3.05, 3.63) is 28.3 Å². The molecule has 0 amide bonds. The number of hydrogen-bond acceptors (Lipinski definition) is 6. The summed E-state index contributed by atoms with van der Waals surface area (Å²) in [6.45, 7) is 2.71. The smallest absolute Gasteiger partial charge is 0.271 e. The number of ether oxygens (including phenoxy) is 1. The first-order chi connectivity index (χ1) is 9.42. The molecule has 0 aliphatic heterocycles. The van der Waals surface area contributed by atoms with E-state index >= 15 is 0 Å². The number of nitro groups is 1. The average molecular weight is 303 g/mol. The predicted molar refractivity (Wildman–Crippen MR) is 74.3 cm³/mol. The molecule has 0 aromatic heterocycles. The number of non-ortho nitro benzene ring substituents is 1. The first kappa shape index (κ1) is 16.3. The fourth-order valence-electron chi connectivity index (χ4n) is 1.53. The maximum absolute atomic E-state index is 12.1. The Bertz CT molecular complexity index is 573. The minimum absolute atomic E-state index is 0.0397. The normalized spacial score (nSPS) is 11.3. The quantitative estimate of drug-likeness (QED) is 0.420. The van der Waals surface area contributed by atoms with Gasteiger partial charge in [-0.15, -0.1) is 0 Å². The zero-order valence-electron chi connectivity index (χ0n) is 11.3. The molecule has 2 N–H and O–H groups in total. The summed E-state index contributed by atoms with van der Waals surface area (Å²) in [7, 11) is -2.24. The molecule has 0 radical (unpaired) electrons. The van der Waals surface area contributed by atoms with Crippen molar-refractivity contribution in [2.24, 2.45) is 0 Å². The van der Waals surface area contributed by atoms with E-state index in [4.69, 9.17) is 4.74 Å². The molecule has 0 heterocycles. The average Bonchev–Trinajstić information content (AvgIpc) is 2.42. The summed E-state index contributed by atoms with van der Waals surface area (Å²) in [6.07, 6.45) is 0. The van der Waals surface area contributed by atoms with Crippen LogP contribution in [0.4, 0.5) is 11.4 Å². The van der Waals surface area contributed by atoms with Crippen molar-refractivity contribution < 1.29 is 18.1 Å². The second-order valence-electron chi connectivity index (χ2n) is 3.78. The molecule has 1 aromatic rings. The zero-order chi connectivity index (χ0) is 15.2. The number of nitro benzene ring substituents is 1. The number of nitrogens with zero attached hydrogens (tertiary/aromatic N) is 1. The maximum Gasteiger partial charge on any atom is 0.271 e. The highest BCUT2D eigenvalue weighted by Crippen LogP contribution is 2.25. The van der Waals surface area contributed by atoms with Gasteiger partial charge >= 0.3 is 0 Å². The van der Waals surface area contributed by atoms with Gasteiger partial charge in [0, 0.05) is 32.3 Å². The lowest BCUT2D eigenvalue weighted by Gasteiger charge is -2.11. The Labute approximate surface area is 117 Å². The van der Waals surface area contributed by atoms with E-state index in [2.05, 4.69) is 10.0 Å². The SMILES string of the molecule is CCOCCNS(=O)(=O)c1ccc([N+](=O)[O-])cc1NC. The van der Waals surface area contributed by atoms with Crippen molar-refractivity contribution in [3.8, 4) is 0 Å². The number of benzene rings is 1. The van der Waals surface area contributed by atoms with Gasteiger partial charge in [-0.3, -0.25) is 10.1 Å². The van der Waals surface area contributed by atoms with E-state index in [-0.39, 0.29) is 29.4 Å². The highest BCUT2D eigenvalue weighted by atomic mass is 32.2. The summed E-state index contributed by atoms with van der Waals surface area (Å²) >= 11 is 0. The molecule has 0 saturated heterocycles. The lowest BCUT2D eigenvalue weighted by Crippen LogP contribution is -2.28. The van der Waals surface area contributed by atoms with Gasteiger partial charge in [0.2, 0.25) is 10.0 Å². The number of sulfonamides is 1. The van der Waals surface area contributed by atoms with Gasteiger partial charge in [-0.05, 0) is 13.0 Å². The van der Waals surface area contributed by atoms with E-state index in [1.165, 1.54) is 19.2 Å². The zero-order valence-corrected chi connectivity index (χ0v) is 12.1. The van der Waals surface area contributed by atoms with E-state index in [1.54, 1.807) is 0 Å². The molecule has 0 aliphatic rings. The third-order valence-electron chi connectivity index (χ3n) is 2.48. The molecular weight excluding hydrogens is 286 g/mol. The third kappa shape index (κ3) is 4.15. The molecule has 0 bridgehead atoms. The Morgan fingerprint density at radius 3 is 2.65 bits per heavy atom. The van der Waals surface area contributed by atoms with Gasteiger partial charge in [0.05, 0.1) is 17.2 Å². The van der Waals surface area contributed by atoms with Crippen LogP contribution in [0.2, 0.25) is 0 Å². The molecule has 1 aromatic carbocycles. The predicted octanol–water partition coefficient (Wildman–Crippen LogP) is 0.951. The van der Waals surface area contributed by atoms with Gasteiger partial charge in [-0.1, -0.05) is 0 Å². The molecule has 0 spiro atoms. The summed E-state index contributed by atoms with van der Waals surface area (Å²) in [6, 6.07) is 3.53. The lowest BCUT2D eigenvalue weighted by molar-refractivity contribution is -0.384. The van der Waals surface area contributed by atoms with E-state index in [1.807, 2.05) is 6.92 Å². The van der Waals surface area contributed by atoms with Crippen LogP contribution >= 0.6 is 0 Å². The monoisotopic (exact) mass is 303 g/mol. The molecule has 112 valence electrons. The first-order valence-corrected chi connectivity index (χ1v) is 7.44. The molecule has 9 heteroatoms. The van der Waals surface area contributed by atoms with Gasteiger partial charge in [-0.25, -0.2) is 13.1 Å². The van der Waals surface area contributed by atoms with Crippen LogP contribution < -0.4 is 10.0 Å². The summed E-state index contributed by atoms with van der Waals surface area (Å²) < 4.78 is 31.6. The van der Waals surface area contributed by atoms with E-state index in [0.29, 0.717) is 6.61 Å². The second kappa shape index (κ2) is 7.17. The Balaban J connectivity index is 2.96. The van der Waals surface area contributed by atoms with Crippen molar-refractivity contribution in [1.82, 2.24) is 4.72 Å². The third-order valence-corrected chi connectivity index (χ3v) is 3.99. The Kier molecular flexibility index (Phi) is 5.86. The maximum atomic E-state index is 12.1. The standard InChI is InChI=1S/C11H17N3O5S/c1-3-19-7-6-13-20(17,18)11-5-4-9(14(15)16)8-10(11)12-2/h4-5,8,12-13H,3,6-7H2,1-2H3. The Morgan fingerprint density at radius 1 is 1.40 bits per heavy atom. The number of anilines is 1. The highest BCUT2D eigenvalue weighted by Gasteiger charge is 2.20. The molecule has 0 unspecified atom stereocenters. The summed E-state index contributed by atoms with van der Waals surface area (Å²) in [5.41, 5.74) is -0.00859. The second-order valence-corrected chi connectivity index (χ2v) is 5.52. The van der Waals surface area contributed by atoms with E-state index < -0.39 is 14.9 Å². The largest absolute Gasteiger partial charge is 0.387 e. The number of hydrogen-bond donors (Lipinski definition) is 2. The summed E-state index contributed by atoms with van der Waals surface area (Å²) in [4.78, 5) is 10.0. The molecule has 0 fully saturated rings. The molecule has 0 atom stereocenters. The fourth-order valence-corrected chi connectivity index (χ4v) is 2.74. The van der Waals surface area contributed by atoms with Crippen LogP contribution in [-0.2, 0) is 14.8 Å². The van der Waals surface area contributed by atoms with Crippen molar-refractivity contribution in [3.63, 3.8) is 0 Å². The highest BCUT2D eigenvalue weighted by molar-refractivity contribution is 7.89. The summed E-state index contributed by atoms with van der Waals surface area (Å²) in [5, 5.41) is 13.3. The molecule has 0 aliphatic carbocycles. The topological polar surface area (TPSA) is 111 Å². The molecular formula is C11H17N3O5S. The van der Waals surface area contributed by atoms with Crippen LogP contribution in [0.15, 0.2) is 23.1 Å². The fraction of sp³-hybridized carbons (Fsp3) is 0.455. The van der Waals surface area contributed by atoms with Gasteiger partial charge < -0.3 is 10.1 Å². The van der Waals surface area contributed by atoms with Crippen LogP contribution in [-0.4, -0.2) is 40.1 Å². The van der Waals surface area contributed by atoms with Crippen molar-refractivity contribution in [1.29, 1.82) is 0 Å². The minimum Gasteiger partial charge on any atom is -0.387 e. The molecule has 8 nitrogen and oxygen atoms in total. The molecule has 0 saturated carbocycles. The van der Waals surface area contributed by atoms with Gasteiger partial charge in [0.25, 0.3) is 5.69 Å². The van der Waals surface area contributed by atoms with Crippen LogP contribution in [0.3, 0.4) is 0 Å². The van der Waals surface area contributed by atoms with Gasteiger partial charge in [0.1, 0.15) is 4.90 Å². The lowest BCUT2D eigenvalue weighted by atomic mass is 10.3. The van der Waals surface area contributed by atoms with Crippen molar-refractivity contribution >= 4 is 21.4 Å². The van der Waals surface area contributed by atoms with Crippen LogP contribution in [0.1, 0.15) is 6.92 Å². The summed E-state index contributed by atoms with van der Waals surface area (Å²) in [5.74, 6) is 0. The van der Waals surface area contributed by atoms with Crippen LogP contribution in [0, 0.1) is 10.1 Å². The van der Waals surface area contributed by atoms with Crippen molar-refractivity contribution in [2.75, 3.05) is 32.1 Å². The molecule has 20 heavy (non-hydrogen) atoms. The molecule has 1 rings (SSSR count). The Morgan fingerprint density at radius 2 is 2.10 bits per heavy atom.